The van der Waals surface area contributed by atoms with E-state index >= 15 is 0 Å². The minimum absolute atomic E-state index is 0.0477. The van der Waals surface area contributed by atoms with Crippen LogP contribution in [0.15, 0.2) is 27.6 Å². The van der Waals surface area contributed by atoms with Crippen LogP contribution in [-0.4, -0.2) is 32.3 Å². The van der Waals surface area contributed by atoms with Crippen molar-refractivity contribution in [1.29, 1.82) is 0 Å². The highest BCUT2D eigenvalue weighted by atomic mass is 16.4. The van der Waals surface area contributed by atoms with Gasteiger partial charge >= 0.3 is 0 Å². The number of aromatic nitrogens is 3. The lowest BCUT2D eigenvalue weighted by molar-refractivity contribution is -0.121. The van der Waals surface area contributed by atoms with Crippen LogP contribution >= 0.6 is 0 Å². The summed E-state index contributed by atoms with van der Waals surface area (Å²) >= 11 is 0. The van der Waals surface area contributed by atoms with Crippen LogP contribution in [0.4, 0.5) is 0 Å². The molecule has 1 atom stereocenters. The van der Waals surface area contributed by atoms with Gasteiger partial charge in [-0.2, -0.15) is 0 Å². The molecule has 1 unspecified atom stereocenters. The SMILES string of the molecule is Cc1nc2c(c(C)c1CC(=O)NCC(O)c1ccco1)c(=O)[nH]n2C. The third kappa shape index (κ3) is 3.20. The second kappa shape index (κ2) is 6.56. The van der Waals surface area contributed by atoms with Gasteiger partial charge in [-0.3, -0.25) is 19.4 Å². The van der Waals surface area contributed by atoms with Crippen molar-refractivity contribution < 1.29 is 14.3 Å². The lowest BCUT2D eigenvalue weighted by Crippen LogP contribution is -2.30. The van der Waals surface area contributed by atoms with Crippen LogP contribution in [0.25, 0.3) is 11.0 Å². The highest BCUT2D eigenvalue weighted by molar-refractivity contribution is 5.84. The lowest BCUT2D eigenvalue weighted by Gasteiger charge is -2.12. The fourth-order valence-corrected chi connectivity index (χ4v) is 2.92. The summed E-state index contributed by atoms with van der Waals surface area (Å²) in [6.07, 6.45) is 0.643. The van der Waals surface area contributed by atoms with E-state index in [1.54, 1.807) is 23.9 Å². The van der Waals surface area contributed by atoms with Crippen molar-refractivity contribution >= 4 is 16.9 Å². The van der Waals surface area contributed by atoms with Gasteiger partial charge in [-0.1, -0.05) is 0 Å². The number of carbonyl (C=O) groups excluding carboxylic acids is 1. The molecule has 3 aromatic heterocycles. The van der Waals surface area contributed by atoms with Crippen molar-refractivity contribution in [3.63, 3.8) is 0 Å². The molecule has 0 saturated carbocycles. The van der Waals surface area contributed by atoms with Gasteiger partial charge in [0.05, 0.1) is 24.6 Å². The average Bonchev–Trinajstić information content (AvgIpc) is 3.18. The Labute approximate surface area is 143 Å². The number of aromatic amines is 1. The Morgan fingerprint density at radius 1 is 1.48 bits per heavy atom. The summed E-state index contributed by atoms with van der Waals surface area (Å²) in [7, 11) is 1.72. The van der Waals surface area contributed by atoms with Crippen molar-refractivity contribution in [2.75, 3.05) is 6.54 Å². The number of hydrogen-bond acceptors (Lipinski definition) is 5. The second-order valence-corrected chi connectivity index (χ2v) is 6.01. The molecule has 0 aromatic carbocycles. The van der Waals surface area contributed by atoms with Gasteiger partial charge in [-0.15, -0.1) is 0 Å². The Morgan fingerprint density at radius 2 is 2.24 bits per heavy atom. The summed E-state index contributed by atoms with van der Waals surface area (Å²) < 4.78 is 6.67. The van der Waals surface area contributed by atoms with E-state index in [4.69, 9.17) is 4.42 Å². The molecule has 0 spiro atoms. The van der Waals surface area contributed by atoms with Crippen LogP contribution < -0.4 is 10.9 Å². The molecule has 3 heterocycles. The van der Waals surface area contributed by atoms with E-state index < -0.39 is 6.10 Å². The number of furan rings is 1. The van der Waals surface area contributed by atoms with Crippen molar-refractivity contribution in [3.8, 4) is 0 Å². The third-order valence-electron chi connectivity index (χ3n) is 4.28. The minimum atomic E-state index is -0.904. The van der Waals surface area contributed by atoms with Gasteiger partial charge in [0.25, 0.3) is 5.56 Å². The molecule has 8 nitrogen and oxygen atoms in total. The number of nitrogens with zero attached hydrogens (tertiary/aromatic N) is 2. The fourth-order valence-electron chi connectivity index (χ4n) is 2.92. The number of pyridine rings is 1. The van der Waals surface area contributed by atoms with E-state index in [2.05, 4.69) is 15.4 Å². The molecule has 132 valence electrons. The molecule has 0 fully saturated rings. The first-order valence-electron chi connectivity index (χ1n) is 7.91. The molecule has 0 bridgehead atoms. The Morgan fingerprint density at radius 3 is 2.92 bits per heavy atom. The number of amides is 1. The first-order valence-corrected chi connectivity index (χ1v) is 7.91. The second-order valence-electron chi connectivity index (χ2n) is 6.01. The normalized spacial score (nSPS) is 12.5. The highest BCUT2D eigenvalue weighted by Crippen LogP contribution is 2.20. The van der Waals surface area contributed by atoms with Crippen molar-refractivity contribution in [1.82, 2.24) is 20.1 Å². The molecule has 3 N–H and O–H groups in total. The van der Waals surface area contributed by atoms with Crippen molar-refractivity contribution in [2.45, 2.75) is 26.4 Å². The van der Waals surface area contributed by atoms with Gasteiger partial charge < -0.3 is 14.8 Å². The summed E-state index contributed by atoms with van der Waals surface area (Å²) in [5, 5.41) is 15.8. The van der Waals surface area contributed by atoms with Gasteiger partial charge in [0.1, 0.15) is 11.9 Å². The van der Waals surface area contributed by atoms with Gasteiger partial charge in [0.2, 0.25) is 5.91 Å². The smallest absolute Gasteiger partial charge is 0.273 e. The Bertz CT molecular complexity index is 969. The van der Waals surface area contributed by atoms with Crippen LogP contribution in [0, 0.1) is 13.8 Å². The monoisotopic (exact) mass is 344 g/mol. The molecule has 25 heavy (non-hydrogen) atoms. The predicted octanol–water partition coefficient (Wildman–Crippen LogP) is 0.864. The van der Waals surface area contributed by atoms with Gasteiger partial charge in [0.15, 0.2) is 5.65 Å². The van der Waals surface area contributed by atoms with Crippen LogP contribution in [0.2, 0.25) is 0 Å². The molecule has 0 radical (unpaired) electrons. The number of fused-ring (bicyclic) bond motifs is 1. The zero-order valence-corrected chi connectivity index (χ0v) is 14.3. The molecule has 1 amide bonds. The number of carbonyl (C=O) groups is 1. The predicted molar refractivity (Wildman–Crippen MR) is 91.2 cm³/mol. The van der Waals surface area contributed by atoms with E-state index in [0.29, 0.717) is 28.1 Å². The minimum Gasteiger partial charge on any atom is -0.467 e. The van der Waals surface area contributed by atoms with Gasteiger partial charge in [-0.25, -0.2) is 4.98 Å². The number of aliphatic hydroxyl groups excluding tert-OH is 1. The Kier molecular flexibility index (Phi) is 4.45. The third-order valence-corrected chi connectivity index (χ3v) is 4.28. The van der Waals surface area contributed by atoms with Crippen LogP contribution in [0.5, 0.6) is 0 Å². The Hall–Kier alpha value is -2.87. The zero-order chi connectivity index (χ0) is 18.1. The summed E-state index contributed by atoms with van der Waals surface area (Å²) in [4.78, 5) is 28.7. The molecule has 0 saturated heterocycles. The maximum absolute atomic E-state index is 12.2. The van der Waals surface area contributed by atoms with Crippen molar-refractivity contribution in [3.05, 3.63) is 51.3 Å². The van der Waals surface area contributed by atoms with E-state index in [0.717, 1.165) is 5.56 Å². The molecule has 0 aliphatic carbocycles. The number of hydrogen-bond donors (Lipinski definition) is 3. The van der Waals surface area contributed by atoms with Gasteiger partial charge in [-0.05, 0) is 37.1 Å². The molecular weight excluding hydrogens is 324 g/mol. The quantitative estimate of drug-likeness (QED) is 0.635. The Balaban J connectivity index is 1.77. The van der Waals surface area contributed by atoms with E-state index in [1.165, 1.54) is 6.26 Å². The number of nitrogens with one attached hydrogen (secondary N) is 2. The van der Waals surface area contributed by atoms with Gasteiger partial charge in [0, 0.05) is 12.7 Å². The average molecular weight is 344 g/mol. The number of aryl methyl sites for hydroxylation is 3. The number of H-pyrrole nitrogens is 1. The van der Waals surface area contributed by atoms with E-state index in [9.17, 15) is 14.7 Å². The standard InChI is InChI=1S/C17H20N4O4/c1-9-11(10(2)19-16-15(9)17(24)20-21(16)3)7-14(23)18-8-12(22)13-5-4-6-25-13/h4-6,12,22H,7-8H2,1-3H3,(H,18,23)(H,20,24). The molecule has 0 aliphatic rings. The van der Waals surface area contributed by atoms with E-state index in [-0.39, 0.29) is 24.4 Å². The summed E-state index contributed by atoms with van der Waals surface area (Å²) in [5.41, 5.74) is 2.50. The summed E-state index contributed by atoms with van der Waals surface area (Å²) in [6, 6.07) is 3.32. The van der Waals surface area contributed by atoms with Crippen LogP contribution in [-0.2, 0) is 18.3 Å². The number of rotatable bonds is 5. The highest BCUT2D eigenvalue weighted by Gasteiger charge is 2.18. The maximum Gasteiger partial charge on any atom is 0.273 e. The summed E-state index contributed by atoms with van der Waals surface area (Å²) in [6.45, 7) is 3.67. The van der Waals surface area contributed by atoms with Crippen molar-refractivity contribution in [2.24, 2.45) is 7.05 Å². The summed E-state index contributed by atoms with van der Waals surface area (Å²) in [5.74, 6) is 0.136. The first-order chi connectivity index (χ1) is 11.9. The molecule has 8 heteroatoms. The molecule has 3 rings (SSSR count). The molecule has 0 aliphatic heterocycles. The number of aliphatic hydroxyl groups is 1. The largest absolute Gasteiger partial charge is 0.467 e. The topological polar surface area (TPSA) is 113 Å². The lowest BCUT2D eigenvalue weighted by atomic mass is 10.0. The van der Waals surface area contributed by atoms with E-state index in [1.807, 2.05) is 13.8 Å². The fraction of sp³-hybridized carbons (Fsp3) is 0.353. The van der Waals surface area contributed by atoms with Crippen LogP contribution in [0.1, 0.15) is 28.7 Å². The first kappa shape index (κ1) is 17.0. The molecular formula is C17H20N4O4. The van der Waals surface area contributed by atoms with Crippen LogP contribution in [0.3, 0.4) is 0 Å². The molecule has 3 aromatic rings. The maximum atomic E-state index is 12.2. The zero-order valence-electron chi connectivity index (χ0n) is 14.3.